The highest BCUT2D eigenvalue weighted by Gasteiger charge is 2.37. The van der Waals surface area contributed by atoms with Gasteiger partial charge in [0, 0.05) is 8.07 Å². The lowest BCUT2D eigenvalue weighted by atomic mass is 9.86. The van der Waals surface area contributed by atoms with Crippen LogP contribution in [0.4, 0.5) is 4.79 Å². The second kappa shape index (κ2) is 11.0. The lowest BCUT2D eigenvalue weighted by Crippen LogP contribution is -2.58. The van der Waals surface area contributed by atoms with Crippen molar-refractivity contribution in [3.8, 4) is 0 Å². The summed E-state index contributed by atoms with van der Waals surface area (Å²) in [5.41, 5.74) is -0.421. The highest BCUT2D eigenvalue weighted by atomic mass is 28.3. The molecule has 0 heterocycles. The van der Waals surface area contributed by atoms with Crippen molar-refractivity contribution < 1.29 is 23.9 Å². The average molecular weight is 465 g/mol. The van der Waals surface area contributed by atoms with Gasteiger partial charge >= 0.3 is 12.1 Å². The second-order valence-corrected chi connectivity index (χ2v) is 16.9. The number of rotatable bonds is 8. The van der Waals surface area contributed by atoms with Gasteiger partial charge in [0.05, 0.1) is 0 Å². The molecule has 2 atom stereocenters. The molecule has 0 radical (unpaired) electrons. The molecule has 0 spiro atoms. The maximum absolute atomic E-state index is 13.2. The second-order valence-electron chi connectivity index (χ2n) is 11.4. The molecule has 1 aromatic rings. The van der Waals surface area contributed by atoms with Crippen molar-refractivity contribution >= 4 is 26.0 Å². The van der Waals surface area contributed by atoms with E-state index in [-0.39, 0.29) is 6.61 Å². The van der Waals surface area contributed by atoms with Crippen LogP contribution in [0.3, 0.4) is 0 Å². The van der Waals surface area contributed by atoms with E-state index in [0.717, 1.165) is 5.56 Å². The summed E-state index contributed by atoms with van der Waals surface area (Å²) in [6.45, 7) is 17.4. The molecule has 1 rings (SSSR count). The molecule has 0 bridgehead atoms. The van der Waals surface area contributed by atoms with Gasteiger partial charge in [-0.2, -0.15) is 0 Å². The summed E-state index contributed by atoms with van der Waals surface area (Å²) in [6.07, 6.45) is -0.692. The van der Waals surface area contributed by atoms with Crippen LogP contribution in [0.1, 0.15) is 47.1 Å². The van der Waals surface area contributed by atoms with Crippen molar-refractivity contribution in [2.24, 2.45) is 5.41 Å². The summed E-state index contributed by atoms with van der Waals surface area (Å²) in [5, 5.41) is 5.50. The molecule has 0 aromatic heterocycles. The van der Waals surface area contributed by atoms with E-state index in [4.69, 9.17) is 9.47 Å². The highest BCUT2D eigenvalue weighted by Crippen LogP contribution is 2.22. The molecular formula is C24H40N2O5Si. The van der Waals surface area contributed by atoms with Crippen LogP contribution in [0.15, 0.2) is 30.3 Å². The fourth-order valence-electron chi connectivity index (χ4n) is 2.99. The Bertz CT molecular complexity index is 776. The smallest absolute Gasteiger partial charge is 0.408 e. The van der Waals surface area contributed by atoms with Crippen molar-refractivity contribution in [2.75, 3.05) is 0 Å². The molecule has 0 aliphatic rings. The molecule has 0 aliphatic carbocycles. The molecule has 1 unspecified atom stereocenters. The summed E-state index contributed by atoms with van der Waals surface area (Å²) >= 11 is 0. The number of esters is 1. The maximum atomic E-state index is 13.2. The lowest BCUT2D eigenvalue weighted by Gasteiger charge is -2.33. The van der Waals surface area contributed by atoms with Crippen molar-refractivity contribution in [2.45, 2.75) is 91.5 Å². The lowest BCUT2D eigenvalue weighted by molar-refractivity contribution is -0.158. The standard InChI is InChI=1S/C24H40N2O5Si/c1-23(2,3)19(26-22(29)30-15-17-13-11-10-12-14-17)20(27)25-18(16-32(7,8)9)21(28)31-24(4,5)6/h10-14,18-19H,15-16H2,1-9H3,(H,25,27)(H,26,29)/t18?,19-/m1/s1. The number of hydrogen-bond acceptors (Lipinski definition) is 5. The first-order valence-corrected chi connectivity index (χ1v) is 14.7. The minimum atomic E-state index is -1.72. The number of hydrogen-bond donors (Lipinski definition) is 2. The van der Waals surface area contributed by atoms with Crippen LogP contribution in [0, 0.1) is 5.41 Å². The van der Waals surface area contributed by atoms with Crippen molar-refractivity contribution in [3.63, 3.8) is 0 Å². The molecule has 0 fully saturated rings. The van der Waals surface area contributed by atoms with E-state index in [1.54, 1.807) is 20.8 Å². The maximum Gasteiger partial charge on any atom is 0.408 e. The van der Waals surface area contributed by atoms with Gasteiger partial charge in [0.2, 0.25) is 5.91 Å². The van der Waals surface area contributed by atoms with Gasteiger partial charge in [-0.15, -0.1) is 0 Å². The van der Waals surface area contributed by atoms with Gasteiger partial charge in [-0.1, -0.05) is 70.7 Å². The minimum Gasteiger partial charge on any atom is -0.458 e. The molecule has 8 heteroatoms. The van der Waals surface area contributed by atoms with E-state index >= 15 is 0 Å². The predicted molar refractivity (Wildman–Crippen MR) is 129 cm³/mol. The zero-order valence-corrected chi connectivity index (χ0v) is 22.0. The van der Waals surface area contributed by atoms with E-state index in [2.05, 4.69) is 30.3 Å². The summed E-state index contributed by atoms with van der Waals surface area (Å²) in [6, 6.07) is 8.16. The Morgan fingerprint density at radius 1 is 0.938 bits per heavy atom. The van der Waals surface area contributed by atoms with Crippen molar-refractivity contribution in [3.05, 3.63) is 35.9 Å². The van der Waals surface area contributed by atoms with Crippen molar-refractivity contribution in [1.29, 1.82) is 0 Å². The molecular weight excluding hydrogens is 424 g/mol. The van der Waals surface area contributed by atoms with Crippen LogP contribution in [0.25, 0.3) is 0 Å². The topological polar surface area (TPSA) is 93.7 Å². The third-order valence-corrected chi connectivity index (χ3v) is 6.06. The van der Waals surface area contributed by atoms with Gasteiger partial charge in [-0.05, 0) is 37.8 Å². The predicted octanol–water partition coefficient (Wildman–Crippen LogP) is 4.49. The van der Waals surface area contributed by atoms with Crippen LogP contribution in [0.5, 0.6) is 0 Å². The molecule has 0 aliphatic heterocycles. The van der Waals surface area contributed by atoms with Gasteiger partial charge in [0.25, 0.3) is 0 Å². The van der Waals surface area contributed by atoms with E-state index in [1.807, 2.05) is 51.1 Å². The minimum absolute atomic E-state index is 0.0985. The van der Waals surface area contributed by atoms with E-state index < -0.39 is 49.1 Å². The summed E-state index contributed by atoms with van der Waals surface area (Å²) in [5.74, 6) is -0.907. The van der Waals surface area contributed by atoms with Gasteiger partial charge in [-0.25, -0.2) is 9.59 Å². The molecule has 0 saturated carbocycles. The normalized spacial score (nSPS) is 14.2. The Hall–Kier alpha value is -2.35. The van der Waals surface area contributed by atoms with Crippen LogP contribution in [0.2, 0.25) is 25.7 Å². The summed E-state index contributed by atoms with van der Waals surface area (Å²) in [4.78, 5) is 38.4. The van der Waals surface area contributed by atoms with Crippen molar-refractivity contribution in [1.82, 2.24) is 10.6 Å². The average Bonchev–Trinajstić information content (AvgIpc) is 2.61. The van der Waals surface area contributed by atoms with Crippen LogP contribution < -0.4 is 10.6 Å². The van der Waals surface area contributed by atoms with Crippen LogP contribution >= 0.6 is 0 Å². The third-order valence-electron chi connectivity index (χ3n) is 4.43. The third kappa shape index (κ3) is 10.8. The van der Waals surface area contributed by atoms with Crippen LogP contribution in [-0.2, 0) is 25.7 Å². The Labute approximate surface area is 193 Å². The molecule has 2 amide bonds. The largest absolute Gasteiger partial charge is 0.458 e. The zero-order valence-electron chi connectivity index (χ0n) is 21.0. The Morgan fingerprint density at radius 2 is 1.50 bits per heavy atom. The molecule has 32 heavy (non-hydrogen) atoms. The quantitative estimate of drug-likeness (QED) is 0.437. The Kier molecular flexibility index (Phi) is 9.50. The number of benzene rings is 1. The van der Waals surface area contributed by atoms with Gasteiger partial charge < -0.3 is 20.1 Å². The summed E-state index contributed by atoms with van der Waals surface area (Å²) in [7, 11) is -1.72. The molecule has 7 nitrogen and oxygen atoms in total. The monoisotopic (exact) mass is 464 g/mol. The number of nitrogens with one attached hydrogen (secondary N) is 2. The van der Waals surface area contributed by atoms with Gasteiger partial charge in [-0.3, -0.25) is 4.79 Å². The first-order valence-electron chi connectivity index (χ1n) is 11.0. The Morgan fingerprint density at radius 3 is 1.97 bits per heavy atom. The SMILES string of the molecule is CC(C)(C)OC(=O)C(C[Si](C)(C)C)NC(=O)[C@@H](NC(=O)OCc1ccccc1)C(C)(C)C. The first kappa shape index (κ1) is 27.7. The molecule has 2 N–H and O–H groups in total. The van der Waals surface area contributed by atoms with Crippen LogP contribution in [-0.4, -0.2) is 43.7 Å². The summed E-state index contributed by atoms with van der Waals surface area (Å²) < 4.78 is 10.8. The number of alkyl carbamates (subject to hydrolysis) is 1. The number of ether oxygens (including phenoxy) is 2. The first-order chi connectivity index (χ1) is 14.5. The molecule has 1 aromatic carbocycles. The highest BCUT2D eigenvalue weighted by molar-refractivity contribution is 6.76. The zero-order chi connectivity index (χ0) is 24.7. The van der Waals surface area contributed by atoms with E-state index in [1.165, 1.54) is 0 Å². The van der Waals surface area contributed by atoms with Gasteiger partial charge in [0.15, 0.2) is 0 Å². The fraction of sp³-hybridized carbons (Fsp3) is 0.625. The Balaban J connectivity index is 2.92. The van der Waals surface area contributed by atoms with E-state index in [9.17, 15) is 14.4 Å². The molecule has 0 saturated heterocycles. The number of carbonyl (C=O) groups is 3. The van der Waals surface area contributed by atoms with Gasteiger partial charge in [0.1, 0.15) is 24.3 Å². The number of amides is 2. The molecule has 180 valence electrons. The van der Waals surface area contributed by atoms with E-state index in [0.29, 0.717) is 6.04 Å². The fourth-order valence-corrected chi connectivity index (χ4v) is 4.49. The number of carbonyl (C=O) groups excluding carboxylic acids is 3.